The van der Waals surface area contributed by atoms with Gasteiger partial charge in [0.1, 0.15) is 0 Å². The van der Waals surface area contributed by atoms with Gasteiger partial charge in [0.15, 0.2) is 0 Å². The second kappa shape index (κ2) is 7.91. The SMILES string of the molecule is CN(C(=O)O)[C@@H]1CN(C(=O)C2CCN(C3CC3)CC2)C[C@H]1c1ccc(Cl)cc1. The molecule has 0 bridgehead atoms. The average molecular weight is 406 g/mol. The number of halogens is 1. The molecule has 2 heterocycles. The smallest absolute Gasteiger partial charge is 0.407 e. The molecule has 2 atom stereocenters. The van der Waals surface area contributed by atoms with E-state index in [9.17, 15) is 14.7 Å². The van der Waals surface area contributed by atoms with Crippen LogP contribution in [-0.4, -0.2) is 77.1 Å². The summed E-state index contributed by atoms with van der Waals surface area (Å²) in [4.78, 5) is 30.5. The molecule has 2 saturated heterocycles. The van der Waals surface area contributed by atoms with Gasteiger partial charge < -0.3 is 19.8 Å². The highest BCUT2D eigenvalue weighted by Gasteiger charge is 2.42. The van der Waals surface area contributed by atoms with Crippen molar-refractivity contribution in [2.45, 2.75) is 43.7 Å². The van der Waals surface area contributed by atoms with Crippen molar-refractivity contribution in [1.82, 2.24) is 14.7 Å². The van der Waals surface area contributed by atoms with E-state index in [0.717, 1.165) is 37.5 Å². The zero-order valence-corrected chi connectivity index (χ0v) is 17.0. The fourth-order valence-electron chi connectivity index (χ4n) is 4.75. The van der Waals surface area contributed by atoms with E-state index in [0.29, 0.717) is 18.1 Å². The molecule has 2 amide bonds. The second-order valence-corrected chi connectivity index (χ2v) is 8.84. The van der Waals surface area contributed by atoms with Crippen LogP contribution in [0.4, 0.5) is 4.79 Å². The summed E-state index contributed by atoms with van der Waals surface area (Å²) in [5.41, 5.74) is 1.03. The Balaban J connectivity index is 1.46. The van der Waals surface area contributed by atoms with Crippen molar-refractivity contribution in [3.05, 3.63) is 34.9 Å². The fraction of sp³-hybridized carbons (Fsp3) is 0.619. The minimum atomic E-state index is -0.962. The van der Waals surface area contributed by atoms with Crippen LogP contribution in [0.1, 0.15) is 37.2 Å². The van der Waals surface area contributed by atoms with E-state index in [1.807, 2.05) is 29.2 Å². The number of likely N-dealkylation sites (tertiary alicyclic amines) is 2. The van der Waals surface area contributed by atoms with Crippen molar-refractivity contribution in [2.75, 3.05) is 33.2 Å². The average Bonchev–Trinajstić information content (AvgIpc) is 3.46. The maximum Gasteiger partial charge on any atom is 0.407 e. The van der Waals surface area contributed by atoms with E-state index in [2.05, 4.69) is 4.90 Å². The highest BCUT2D eigenvalue weighted by molar-refractivity contribution is 6.30. The number of carbonyl (C=O) groups excluding carboxylic acids is 1. The highest BCUT2D eigenvalue weighted by atomic mass is 35.5. The second-order valence-electron chi connectivity index (χ2n) is 8.40. The third kappa shape index (κ3) is 3.98. The van der Waals surface area contributed by atoms with Gasteiger partial charge in [0, 0.05) is 43.0 Å². The zero-order valence-electron chi connectivity index (χ0n) is 16.3. The minimum absolute atomic E-state index is 0.0335. The van der Waals surface area contributed by atoms with E-state index in [1.54, 1.807) is 7.05 Å². The van der Waals surface area contributed by atoms with Crippen LogP contribution in [0.25, 0.3) is 0 Å². The van der Waals surface area contributed by atoms with Gasteiger partial charge in [0.2, 0.25) is 5.91 Å². The molecule has 3 aliphatic rings. The maximum atomic E-state index is 13.2. The molecule has 6 nitrogen and oxygen atoms in total. The topological polar surface area (TPSA) is 64.1 Å². The highest BCUT2D eigenvalue weighted by Crippen LogP contribution is 2.35. The Morgan fingerprint density at radius 2 is 1.71 bits per heavy atom. The summed E-state index contributed by atoms with van der Waals surface area (Å²) in [6.07, 6.45) is 3.47. The molecule has 152 valence electrons. The molecule has 2 aliphatic heterocycles. The lowest BCUT2D eigenvalue weighted by Crippen LogP contribution is -2.44. The number of nitrogens with zero attached hydrogens (tertiary/aromatic N) is 3. The number of rotatable bonds is 4. The van der Waals surface area contributed by atoms with Crippen LogP contribution in [0.3, 0.4) is 0 Å². The first-order chi connectivity index (χ1) is 13.4. The van der Waals surface area contributed by atoms with Crippen molar-refractivity contribution in [1.29, 1.82) is 0 Å². The summed E-state index contributed by atoms with van der Waals surface area (Å²) in [6, 6.07) is 8.05. The van der Waals surface area contributed by atoms with Crippen LogP contribution in [0.15, 0.2) is 24.3 Å². The lowest BCUT2D eigenvalue weighted by molar-refractivity contribution is -0.136. The Morgan fingerprint density at radius 3 is 2.29 bits per heavy atom. The standard InChI is InChI=1S/C21H28ClN3O3/c1-23(21(27)28)19-13-25(12-18(19)14-2-4-16(22)5-3-14)20(26)15-8-10-24(11-9-15)17-6-7-17/h2-5,15,17-19H,6-13H2,1H3,(H,27,28)/t18-,19+/m0/s1. The maximum absolute atomic E-state index is 13.2. The number of amides is 2. The Morgan fingerprint density at radius 1 is 1.07 bits per heavy atom. The first-order valence-corrected chi connectivity index (χ1v) is 10.6. The molecule has 0 spiro atoms. The molecule has 28 heavy (non-hydrogen) atoms. The van der Waals surface area contributed by atoms with Gasteiger partial charge in [-0.1, -0.05) is 23.7 Å². The van der Waals surface area contributed by atoms with Crippen LogP contribution in [0.5, 0.6) is 0 Å². The minimum Gasteiger partial charge on any atom is -0.465 e. The summed E-state index contributed by atoms with van der Waals surface area (Å²) in [5, 5.41) is 10.2. The van der Waals surface area contributed by atoms with Crippen LogP contribution >= 0.6 is 11.6 Å². The van der Waals surface area contributed by atoms with E-state index in [1.165, 1.54) is 17.7 Å². The molecule has 1 aromatic carbocycles. The predicted octanol–water partition coefficient (Wildman–Crippen LogP) is 3.12. The molecule has 1 aliphatic carbocycles. The van der Waals surface area contributed by atoms with Crippen LogP contribution in [0, 0.1) is 5.92 Å². The normalized spacial score (nSPS) is 26.4. The summed E-state index contributed by atoms with van der Waals surface area (Å²) >= 11 is 6.01. The lowest BCUT2D eigenvalue weighted by Gasteiger charge is -2.33. The summed E-state index contributed by atoms with van der Waals surface area (Å²) < 4.78 is 0. The van der Waals surface area contributed by atoms with Crippen LogP contribution < -0.4 is 0 Å². The number of benzene rings is 1. The Kier molecular flexibility index (Phi) is 5.52. The molecule has 1 saturated carbocycles. The van der Waals surface area contributed by atoms with Crippen molar-refractivity contribution in [3.63, 3.8) is 0 Å². The first-order valence-electron chi connectivity index (χ1n) is 10.2. The van der Waals surface area contributed by atoms with Gasteiger partial charge in [-0.25, -0.2) is 4.79 Å². The predicted molar refractivity (Wildman–Crippen MR) is 108 cm³/mol. The molecular formula is C21H28ClN3O3. The Labute approximate surface area is 171 Å². The van der Waals surface area contributed by atoms with Crippen LogP contribution in [0.2, 0.25) is 5.02 Å². The number of piperidine rings is 1. The third-order valence-electron chi connectivity index (χ3n) is 6.64. The monoisotopic (exact) mass is 405 g/mol. The van der Waals surface area contributed by atoms with Gasteiger partial charge in [0.05, 0.1) is 6.04 Å². The molecule has 1 N–H and O–H groups in total. The summed E-state index contributed by atoms with van der Waals surface area (Å²) in [5.74, 6) is 0.222. The Hall–Kier alpha value is -1.79. The quantitative estimate of drug-likeness (QED) is 0.835. The van der Waals surface area contributed by atoms with Gasteiger partial charge in [-0.15, -0.1) is 0 Å². The number of carbonyl (C=O) groups is 2. The number of carboxylic acid groups (broad SMARTS) is 1. The zero-order chi connectivity index (χ0) is 19.8. The molecule has 1 aromatic rings. The number of likely N-dealkylation sites (N-methyl/N-ethyl adjacent to an activating group) is 1. The summed E-state index contributed by atoms with van der Waals surface area (Å²) in [7, 11) is 1.60. The van der Waals surface area contributed by atoms with E-state index in [-0.39, 0.29) is 23.8 Å². The fourth-order valence-corrected chi connectivity index (χ4v) is 4.87. The van der Waals surface area contributed by atoms with Gasteiger partial charge >= 0.3 is 6.09 Å². The van der Waals surface area contributed by atoms with Crippen molar-refractivity contribution in [2.24, 2.45) is 5.92 Å². The lowest BCUT2D eigenvalue weighted by atomic mass is 9.93. The molecule has 7 heteroatoms. The van der Waals surface area contributed by atoms with Gasteiger partial charge in [-0.3, -0.25) is 4.79 Å². The molecule has 0 aromatic heterocycles. The number of hydrogen-bond acceptors (Lipinski definition) is 3. The summed E-state index contributed by atoms with van der Waals surface area (Å²) in [6.45, 7) is 3.03. The van der Waals surface area contributed by atoms with E-state index in [4.69, 9.17) is 11.6 Å². The van der Waals surface area contributed by atoms with Crippen LogP contribution in [-0.2, 0) is 4.79 Å². The van der Waals surface area contributed by atoms with Crippen molar-refractivity contribution in [3.8, 4) is 0 Å². The number of hydrogen-bond donors (Lipinski definition) is 1. The Bertz CT molecular complexity index is 729. The molecule has 0 radical (unpaired) electrons. The van der Waals surface area contributed by atoms with Gasteiger partial charge in [0.25, 0.3) is 0 Å². The van der Waals surface area contributed by atoms with Gasteiger partial charge in [-0.05, 0) is 56.5 Å². The van der Waals surface area contributed by atoms with E-state index < -0.39 is 6.09 Å². The molecule has 3 fully saturated rings. The van der Waals surface area contributed by atoms with Crippen molar-refractivity contribution < 1.29 is 14.7 Å². The third-order valence-corrected chi connectivity index (χ3v) is 6.89. The van der Waals surface area contributed by atoms with E-state index >= 15 is 0 Å². The molecular weight excluding hydrogens is 378 g/mol. The molecule has 4 rings (SSSR count). The first kappa shape index (κ1) is 19.5. The van der Waals surface area contributed by atoms with Crippen molar-refractivity contribution >= 4 is 23.6 Å². The molecule has 0 unspecified atom stereocenters. The van der Waals surface area contributed by atoms with Gasteiger partial charge in [-0.2, -0.15) is 0 Å². The largest absolute Gasteiger partial charge is 0.465 e.